The molecule has 0 aromatic carbocycles. The van der Waals surface area contributed by atoms with Crippen LogP contribution in [0.1, 0.15) is 18.1 Å². The average molecular weight is 538 g/mol. The van der Waals surface area contributed by atoms with E-state index in [-0.39, 0.29) is 17.5 Å². The van der Waals surface area contributed by atoms with E-state index in [1.54, 1.807) is 7.05 Å². The summed E-state index contributed by atoms with van der Waals surface area (Å²) in [6.07, 6.45) is -5.66. The number of nitrogens with two attached hydrogens (primary N) is 2. The Morgan fingerprint density at radius 3 is 2.36 bits per heavy atom. The van der Waals surface area contributed by atoms with Crippen molar-refractivity contribution >= 4 is 35.2 Å². The Kier molecular flexibility index (Phi) is 7.24. The molecule has 7 unspecified atom stereocenters. The van der Waals surface area contributed by atoms with Crippen molar-refractivity contribution in [2.45, 2.75) is 30.7 Å². The second-order valence-corrected chi connectivity index (χ2v) is 11.2. The van der Waals surface area contributed by atoms with E-state index in [0.717, 1.165) is 0 Å². The van der Waals surface area contributed by atoms with Crippen molar-refractivity contribution in [2.75, 3.05) is 13.7 Å². The minimum Gasteiger partial charge on any atom is -0.387 e. The van der Waals surface area contributed by atoms with E-state index in [1.807, 2.05) is 0 Å². The molecular weight excluding hydrogens is 517 g/mol. The molecule has 1 fully saturated rings. The molecule has 0 bridgehead atoms. The van der Waals surface area contributed by atoms with Crippen molar-refractivity contribution in [3.8, 4) is 0 Å². The minimum absolute atomic E-state index is 0.0361. The Morgan fingerprint density at radius 1 is 1.12 bits per heavy atom. The van der Waals surface area contributed by atoms with Gasteiger partial charge in [0.25, 0.3) is 0 Å². The highest BCUT2D eigenvalue weighted by molar-refractivity contribution is 7.66. The fourth-order valence-corrected chi connectivity index (χ4v) is 5.99. The lowest BCUT2D eigenvalue weighted by molar-refractivity contribution is -0.0512. The van der Waals surface area contributed by atoms with Crippen LogP contribution in [-0.2, 0) is 31.6 Å². The lowest BCUT2D eigenvalue weighted by atomic mass is 10.1. The van der Waals surface area contributed by atoms with E-state index in [1.165, 1.54) is 15.8 Å². The van der Waals surface area contributed by atoms with E-state index in [4.69, 9.17) is 30.9 Å². The van der Waals surface area contributed by atoms with Gasteiger partial charge in [-0.3, -0.25) is 9.09 Å². The van der Waals surface area contributed by atoms with Gasteiger partial charge in [0.05, 0.1) is 12.9 Å². The van der Waals surface area contributed by atoms with Crippen LogP contribution < -0.4 is 11.5 Å². The van der Waals surface area contributed by atoms with E-state index >= 15 is 0 Å². The number of aliphatic hydroxyl groups is 2. The Morgan fingerprint density at radius 2 is 1.76 bits per heavy atom. The largest absolute Gasteiger partial charge is 0.490 e. The van der Waals surface area contributed by atoms with Crippen LogP contribution in [0.4, 0.5) is 5.82 Å². The lowest BCUT2D eigenvalue weighted by Gasteiger charge is -2.29. The number of hydrogen-bond acceptors (Lipinski definition) is 14. The number of imidazole rings is 1. The van der Waals surface area contributed by atoms with Crippen molar-refractivity contribution in [3.63, 3.8) is 0 Å². The molecule has 188 valence electrons. The van der Waals surface area contributed by atoms with Crippen molar-refractivity contribution in [1.29, 1.82) is 0 Å². The van der Waals surface area contributed by atoms with Gasteiger partial charge >= 0.3 is 23.5 Å². The van der Waals surface area contributed by atoms with Crippen molar-refractivity contribution in [3.05, 3.63) is 12.0 Å². The molecule has 1 saturated heterocycles. The molecular formula is C11H21N6O13P3. The molecule has 0 amide bonds. The highest BCUT2D eigenvalue weighted by Crippen LogP contribution is 2.66. The van der Waals surface area contributed by atoms with Gasteiger partial charge in [0.1, 0.15) is 30.2 Å². The predicted molar refractivity (Wildman–Crippen MR) is 104 cm³/mol. The third-order valence-electron chi connectivity index (χ3n) is 4.50. The van der Waals surface area contributed by atoms with Crippen molar-refractivity contribution in [1.82, 2.24) is 14.5 Å². The third-order valence-corrected chi connectivity index (χ3v) is 8.31. The second-order valence-electron chi connectivity index (χ2n) is 6.82. The molecule has 2 aliphatic heterocycles. The van der Waals surface area contributed by atoms with Crippen molar-refractivity contribution in [2.24, 2.45) is 16.5 Å². The molecule has 22 heteroatoms. The molecule has 1 aromatic rings. The number of phosphoric ester groups is 1. The minimum atomic E-state index is -5.71. The smallest absolute Gasteiger partial charge is 0.387 e. The summed E-state index contributed by atoms with van der Waals surface area (Å²) in [5.41, 5.74) is 12.1. The maximum Gasteiger partial charge on any atom is 0.490 e. The molecule has 7 atom stereocenters. The summed E-state index contributed by atoms with van der Waals surface area (Å²) in [6, 6.07) is 0. The van der Waals surface area contributed by atoms with E-state index in [0.29, 0.717) is 0 Å². The number of guanidine groups is 1. The van der Waals surface area contributed by atoms with Crippen LogP contribution >= 0.6 is 23.5 Å². The first-order chi connectivity index (χ1) is 15.0. The Hall–Kier alpha value is -1.27. The normalized spacial score (nSPS) is 31.6. The summed E-state index contributed by atoms with van der Waals surface area (Å²) >= 11 is 0. The van der Waals surface area contributed by atoms with Gasteiger partial charge in [-0.05, 0) is 0 Å². The summed E-state index contributed by atoms with van der Waals surface area (Å²) in [5, 5.41) is 20.6. The monoisotopic (exact) mass is 538 g/mol. The van der Waals surface area contributed by atoms with Gasteiger partial charge in [-0.2, -0.15) is 13.6 Å². The van der Waals surface area contributed by atoms with E-state index in [9.17, 15) is 28.8 Å². The maximum absolute atomic E-state index is 11.8. The number of aromatic nitrogens is 2. The van der Waals surface area contributed by atoms with Crippen LogP contribution in [0.3, 0.4) is 0 Å². The van der Waals surface area contributed by atoms with E-state index in [2.05, 4.69) is 23.1 Å². The van der Waals surface area contributed by atoms with Gasteiger partial charge in [-0.15, -0.1) is 0 Å². The average Bonchev–Trinajstić information content (AvgIpc) is 3.17. The third kappa shape index (κ3) is 5.87. The zero-order valence-corrected chi connectivity index (χ0v) is 19.2. The van der Waals surface area contributed by atoms with Crippen LogP contribution in [0.15, 0.2) is 11.3 Å². The predicted octanol–water partition coefficient (Wildman–Crippen LogP) is -2.31. The summed E-state index contributed by atoms with van der Waals surface area (Å²) in [5.74, 6) is 0.164. The zero-order chi connectivity index (χ0) is 24.9. The molecule has 19 nitrogen and oxygen atoms in total. The quantitative estimate of drug-likeness (QED) is 0.161. The molecule has 3 rings (SSSR count). The topological polar surface area (TPSA) is 295 Å². The fraction of sp³-hybridized carbons (Fsp3) is 0.636. The number of fused-ring (bicyclic) bond motifs is 1. The number of aliphatic hydroxyl groups excluding tert-OH is 2. The first-order valence-electron chi connectivity index (χ1n) is 8.70. The number of rotatable bonds is 8. The molecule has 3 heterocycles. The van der Waals surface area contributed by atoms with Crippen molar-refractivity contribution < 1.29 is 61.4 Å². The fourth-order valence-electron chi connectivity index (χ4n) is 2.96. The number of hydrogen-bond donors (Lipinski definition) is 8. The molecule has 0 radical (unpaired) electrons. The SMILES string of the molecule is CN1C(N)=Nc2c(ncn2C2OC(COP(=O)(O)OP(=O)(O)OP(=O)(O)O)C(O)C2O)C1N. The van der Waals surface area contributed by atoms with Crippen LogP contribution in [0.2, 0.25) is 0 Å². The Labute approximate surface area is 184 Å². The Bertz CT molecular complexity index is 1070. The van der Waals surface area contributed by atoms with Gasteiger partial charge in [0, 0.05) is 7.05 Å². The van der Waals surface area contributed by atoms with Gasteiger partial charge in [0.2, 0.25) is 0 Å². The molecule has 10 N–H and O–H groups in total. The van der Waals surface area contributed by atoms with Gasteiger partial charge < -0.3 is 50.9 Å². The summed E-state index contributed by atoms with van der Waals surface area (Å²) in [7, 11) is -15.1. The summed E-state index contributed by atoms with van der Waals surface area (Å²) in [6.45, 7) is -0.969. The van der Waals surface area contributed by atoms with Crippen LogP contribution in [0.25, 0.3) is 0 Å². The van der Waals surface area contributed by atoms with Gasteiger partial charge in [0.15, 0.2) is 18.0 Å². The van der Waals surface area contributed by atoms with Crippen LogP contribution in [-0.4, -0.2) is 82.2 Å². The number of aliphatic imine (C=N–C) groups is 1. The molecule has 1 aromatic heterocycles. The molecule has 0 saturated carbocycles. The van der Waals surface area contributed by atoms with Crippen LogP contribution in [0, 0.1) is 0 Å². The second kappa shape index (κ2) is 9.07. The Balaban J connectivity index is 1.70. The molecule has 0 aliphatic carbocycles. The summed E-state index contributed by atoms with van der Waals surface area (Å²) in [4.78, 5) is 45.4. The molecule has 0 spiro atoms. The standard InChI is InChI=1S/C11H21N6O13P3/c1-16-8(12)5-9(15-11(16)13)17(3-14-5)10-7(19)6(18)4(28-10)2-27-32(23,24)30-33(25,26)29-31(20,21)22/h3-4,6-8,10,18-19H,2,12H2,1H3,(H2,13,15)(H,23,24)(H,25,26)(H2,20,21,22). The molecule has 2 aliphatic rings. The maximum atomic E-state index is 11.8. The number of ether oxygens (including phenoxy) is 1. The van der Waals surface area contributed by atoms with Gasteiger partial charge in [-0.25, -0.2) is 18.7 Å². The zero-order valence-electron chi connectivity index (χ0n) is 16.5. The number of phosphoric acid groups is 3. The number of nitrogens with zero attached hydrogens (tertiary/aromatic N) is 4. The highest BCUT2D eigenvalue weighted by Gasteiger charge is 2.47. The first-order valence-corrected chi connectivity index (χ1v) is 13.2. The van der Waals surface area contributed by atoms with Gasteiger partial charge in [-0.1, -0.05) is 0 Å². The first kappa shape index (κ1) is 26.3. The lowest BCUT2D eigenvalue weighted by Crippen LogP contribution is -2.43. The van der Waals surface area contributed by atoms with Crippen LogP contribution in [0.5, 0.6) is 0 Å². The highest BCUT2D eigenvalue weighted by atomic mass is 31.3. The molecule has 33 heavy (non-hydrogen) atoms. The summed E-state index contributed by atoms with van der Waals surface area (Å²) < 4.78 is 52.1. The van der Waals surface area contributed by atoms with E-state index < -0.39 is 60.8 Å².